The second kappa shape index (κ2) is 7.26. The molecule has 1 aromatic rings. The molecule has 1 aliphatic heterocycles. The van der Waals surface area contributed by atoms with E-state index in [1.54, 1.807) is 6.92 Å². The first-order valence-corrected chi connectivity index (χ1v) is 8.87. The van der Waals surface area contributed by atoms with Crippen molar-refractivity contribution in [3.8, 4) is 0 Å². The minimum atomic E-state index is -3.70. The van der Waals surface area contributed by atoms with Crippen LogP contribution in [0.5, 0.6) is 0 Å². The number of nitrogens with one attached hydrogen (secondary N) is 2. The molecule has 8 heteroatoms. The van der Waals surface area contributed by atoms with Crippen molar-refractivity contribution < 1.29 is 22.4 Å². The minimum Gasteiger partial charge on any atom is -0.463 e. The molecule has 0 radical (unpaired) electrons. The summed E-state index contributed by atoms with van der Waals surface area (Å²) in [7, 11) is -2.48. The van der Waals surface area contributed by atoms with Crippen molar-refractivity contribution in [3.05, 3.63) is 17.6 Å². The molecule has 1 atom stereocenters. The highest BCUT2D eigenvalue weighted by atomic mass is 32.2. The maximum absolute atomic E-state index is 12.4. The van der Waals surface area contributed by atoms with Crippen molar-refractivity contribution in [2.45, 2.75) is 31.1 Å². The molecule has 0 aromatic carbocycles. The van der Waals surface area contributed by atoms with Gasteiger partial charge in [-0.2, -0.15) is 0 Å². The Labute approximate surface area is 130 Å². The van der Waals surface area contributed by atoms with Crippen LogP contribution in [-0.4, -0.2) is 41.1 Å². The Morgan fingerprint density at radius 2 is 2.32 bits per heavy atom. The van der Waals surface area contributed by atoms with Gasteiger partial charge in [0.05, 0.1) is 7.11 Å². The van der Waals surface area contributed by atoms with Gasteiger partial charge >= 0.3 is 5.97 Å². The standard InChI is InChI=1S/C14H22N2O5S/c1-3-11-13(7-12(21-11)14(17)20-2)22(18,19)16-9-10-5-4-6-15-8-10/h7,10,15-16H,3-6,8-9H2,1-2H3. The molecule has 0 amide bonds. The number of hydrogen-bond acceptors (Lipinski definition) is 6. The van der Waals surface area contributed by atoms with Gasteiger partial charge in [-0.05, 0) is 31.8 Å². The fourth-order valence-electron chi connectivity index (χ4n) is 2.49. The lowest BCUT2D eigenvalue weighted by atomic mass is 10.0. The van der Waals surface area contributed by atoms with Crippen molar-refractivity contribution in [1.29, 1.82) is 0 Å². The Morgan fingerprint density at radius 1 is 1.55 bits per heavy atom. The molecule has 124 valence electrons. The maximum atomic E-state index is 12.4. The van der Waals surface area contributed by atoms with E-state index in [0.29, 0.717) is 13.0 Å². The van der Waals surface area contributed by atoms with Crippen LogP contribution in [0.4, 0.5) is 0 Å². The van der Waals surface area contributed by atoms with Gasteiger partial charge in [-0.1, -0.05) is 6.92 Å². The molecule has 0 aliphatic carbocycles. The Morgan fingerprint density at radius 3 is 2.91 bits per heavy atom. The van der Waals surface area contributed by atoms with Gasteiger partial charge in [0, 0.05) is 19.0 Å². The number of methoxy groups -OCH3 is 1. The number of carbonyl (C=O) groups is 1. The number of furan rings is 1. The van der Waals surface area contributed by atoms with E-state index in [1.807, 2.05) is 0 Å². The number of sulfonamides is 1. The highest BCUT2D eigenvalue weighted by Crippen LogP contribution is 2.22. The zero-order valence-corrected chi connectivity index (χ0v) is 13.7. The molecule has 0 bridgehead atoms. The smallest absolute Gasteiger partial charge is 0.373 e. The zero-order valence-electron chi connectivity index (χ0n) is 12.8. The van der Waals surface area contributed by atoms with Crippen molar-refractivity contribution in [1.82, 2.24) is 10.0 Å². The lowest BCUT2D eigenvalue weighted by Gasteiger charge is -2.22. The van der Waals surface area contributed by atoms with E-state index in [4.69, 9.17) is 4.42 Å². The van der Waals surface area contributed by atoms with E-state index in [-0.39, 0.29) is 22.3 Å². The largest absolute Gasteiger partial charge is 0.463 e. The number of aryl methyl sites for hydroxylation is 1. The third-order valence-corrected chi connectivity index (χ3v) is 5.20. The fourth-order valence-corrected chi connectivity index (χ4v) is 3.85. The van der Waals surface area contributed by atoms with Crippen LogP contribution in [0.2, 0.25) is 0 Å². The van der Waals surface area contributed by atoms with Gasteiger partial charge in [0.25, 0.3) is 0 Å². The SMILES string of the molecule is CCc1oc(C(=O)OC)cc1S(=O)(=O)NCC1CCCNC1. The van der Waals surface area contributed by atoms with Crippen LogP contribution in [0.15, 0.2) is 15.4 Å². The summed E-state index contributed by atoms with van der Waals surface area (Å²) >= 11 is 0. The fraction of sp³-hybridized carbons (Fsp3) is 0.643. The molecule has 7 nitrogen and oxygen atoms in total. The molecule has 0 spiro atoms. The van der Waals surface area contributed by atoms with Crippen LogP contribution in [0.1, 0.15) is 36.1 Å². The summed E-state index contributed by atoms with van der Waals surface area (Å²) in [6, 6.07) is 1.23. The molecule has 0 saturated carbocycles. The predicted molar refractivity (Wildman–Crippen MR) is 80.2 cm³/mol. The van der Waals surface area contributed by atoms with Crippen LogP contribution in [-0.2, 0) is 21.2 Å². The third kappa shape index (κ3) is 3.88. The Balaban J connectivity index is 2.13. The summed E-state index contributed by atoms with van der Waals surface area (Å²) in [5.74, 6) is -0.248. The summed E-state index contributed by atoms with van der Waals surface area (Å²) in [5.41, 5.74) is 0. The number of hydrogen-bond donors (Lipinski definition) is 2. The minimum absolute atomic E-state index is 0.0131. The van der Waals surface area contributed by atoms with Crippen molar-refractivity contribution in [3.63, 3.8) is 0 Å². The molecule has 1 aromatic heterocycles. The third-order valence-electron chi connectivity index (χ3n) is 3.73. The second-order valence-electron chi connectivity index (χ2n) is 5.31. The average molecular weight is 330 g/mol. The average Bonchev–Trinajstić information content (AvgIpc) is 2.98. The molecular formula is C14H22N2O5S. The topological polar surface area (TPSA) is 97.6 Å². The monoisotopic (exact) mass is 330 g/mol. The molecule has 1 fully saturated rings. The quantitative estimate of drug-likeness (QED) is 0.752. The molecule has 22 heavy (non-hydrogen) atoms. The summed E-state index contributed by atoms with van der Waals surface area (Å²) in [4.78, 5) is 11.5. The van der Waals surface area contributed by atoms with Crippen LogP contribution >= 0.6 is 0 Å². The van der Waals surface area contributed by atoms with Crippen molar-refractivity contribution in [2.75, 3.05) is 26.7 Å². The van der Waals surface area contributed by atoms with E-state index in [1.165, 1.54) is 13.2 Å². The highest BCUT2D eigenvalue weighted by molar-refractivity contribution is 7.89. The molecular weight excluding hydrogens is 308 g/mol. The summed E-state index contributed by atoms with van der Waals surface area (Å²) in [6.07, 6.45) is 2.41. The first-order valence-electron chi connectivity index (χ1n) is 7.39. The highest BCUT2D eigenvalue weighted by Gasteiger charge is 2.26. The van der Waals surface area contributed by atoms with E-state index < -0.39 is 16.0 Å². The molecule has 1 aliphatic rings. The van der Waals surface area contributed by atoms with Gasteiger partial charge in [-0.25, -0.2) is 17.9 Å². The Bertz CT molecular complexity index is 617. The van der Waals surface area contributed by atoms with E-state index in [0.717, 1.165) is 25.9 Å². The Hall–Kier alpha value is -1.38. The molecule has 1 saturated heterocycles. The van der Waals surface area contributed by atoms with Gasteiger partial charge in [0.15, 0.2) is 0 Å². The van der Waals surface area contributed by atoms with Gasteiger partial charge in [0.1, 0.15) is 10.7 Å². The summed E-state index contributed by atoms with van der Waals surface area (Å²) in [5, 5.41) is 3.25. The lowest BCUT2D eigenvalue weighted by Crippen LogP contribution is -2.38. The van der Waals surface area contributed by atoms with Gasteiger partial charge in [-0.15, -0.1) is 0 Å². The number of ether oxygens (including phenoxy) is 1. The summed E-state index contributed by atoms with van der Waals surface area (Å²) in [6.45, 7) is 3.93. The second-order valence-corrected chi connectivity index (χ2v) is 7.04. The number of piperidine rings is 1. The zero-order chi connectivity index (χ0) is 16.2. The normalized spacial score (nSPS) is 19.1. The number of rotatable bonds is 6. The lowest BCUT2D eigenvalue weighted by molar-refractivity contribution is 0.0563. The first-order chi connectivity index (χ1) is 10.5. The van der Waals surface area contributed by atoms with Crippen LogP contribution < -0.4 is 10.0 Å². The number of esters is 1. The first kappa shape index (κ1) is 17.0. The van der Waals surface area contributed by atoms with Crippen molar-refractivity contribution >= 4 is 16.0 Å². The molecule has 1 unspecified atom stereocenters. The Kier molecular flexibility index (Phi) is 5.60. The van der Waals surface area contributed by atoms with Crippen LogP contribution in [0.3, 0.4) is 0 Å². The van der Waals surface area contributed by atoms with E-state index >= 15 is 0 Å². The van der Waals surface area contributed by atoms with Crippen LogP contribution in [0.25, 0.3) is 0 Å². The van der Waals surface area contributed by atoms with E-state index in [2.05, 4.69) is 14.8 Å². The van der Waals surface area contributed by atoms with E-state index in [9.17, 15) is 13.2 Å². The summed E-state index contributed by atoms with van der Waals surface area (Å²) < 4.78 is 37.3. The van der Waals surface area contributed by atoms with Crippen LogP contribution in [0, 0.1) is 5.92 Å². The predicted octanol–water partition coefficient (Wildman–Crippen LogP) is 0.907. The molecule has 2 rings (SSSR count). The van der Waals surface area contributed by atoms with Gasteiger partial charge in [-0.3, -0.25) is 0 Å². The molecule has 2 heterocycles. The maximum Gasteiger partial charge on any atom is 0.373 e. The number of carbonyl (C=O) groups excluding carboxylic acids is 1. The van der Waals surface area contributed by atoms with Gasteiger partial charge < -0.3 is 14.5 Å². The van der Waals surface area contributed by atoms with Crippen molar-refractivity contribution in [2.24, 2.45) is 5.92 Å². The van der Waals surface area contributed by atoms with Gasteiger partial charge in [0.2, 0.25) is 15.8 Å². The molecule has 2 N–H and O–H groups in total.